The summed E-state index contributed by atoms with van der Waals surface area (Å²) in [5, 5.41) is 0. The van der Waals surface area contributed by atoms with Crippen LogP contribution in [0.2, 0.25) is 0 Å². The number of ketones is 1. The van der Waals surface area contributed by atoms with Gasteiger partial charge in [0.05, 0.1) is 6.67 Å². The molecule has 0 unspecified atom stereocenters. The lowest BCUT2D eigenvalue weighted by atomic mass is 10.5. The number of halogens is 1. The normalized spacial score (nSPS) is 9.56. The molecule has 0 N–H and O–H groups in total. The van der Waals surface area contributed by atoms with Crippen LogP contribution in [0.15, 0.2) is 0 Å². The van der Waals surface area contributed by atoms with Gasteiger partial charge in [0.25, 0.3) is 0 Å². The molecule has 0 aliphatic heterocycles. The third kappa shape index (κ3) is 7.56. The maximum absolute atomic E-state index is 11.4. The second kappa shape index (κ2) is 5.69. The Morgan fingerprint density at radius 3 is 2.78 bits per heavy atom. The van der Waals surface area contributed by atoms with Gasteiger partial charge in [-0.05, 0) is 13.3 Å². The molecule has 0 aromatic heterocycles. The number of hydrogen-bond acceptors (Lipinski definition) is 2. The van der Waals surface area contributed by atoms with Gasteiger partial charge in [0, 0.05) is 6.61 Å². The van der Waals surface area contributed by atoms with Crippen LogP contribution >= 0.6 is 0 Å². The summed E-state index contributed by atoms with van der Waals surface area (Å²) in [7, 11) is 0. The molecule has 0 spiro atoms. The summed E-state index contributed by atoms with van der Waals surface area (Å²) in [6.07, 6.45) is 0.382. The molecule has 0 aromatic carbocycles. The molecule has 2 nitrogen and oxygen atoms in total. The Labute approximate surface area is 54.0 Å². The second-order valence-electron chi connectivity index (χ2n) is 1.80. The average molecular weight is 134 g/mol. The summed E-state index contributed by atoms with van der Waals surface area (Å²) < 4.78 is 16.1. The maximum atomic E-state index is 11.4. The zero-order valence-corrected chi connectivity index (χ0v) is 5.52. The molecule has 0 saturated carbocycles. The van der Waals surface area contributed by atoms with Gasteiger partial charge in [0.2, 0.25) is 0 Å². The molecule has 0 aromatic rings. The monoisotopic (exact) mass is 134 g/mol. The minimum Gasteiger partial charge on any atom is -0.374 e. The highest BCUT2D eigenvalue weighted by Gasteiger charge is 1.91. The first-order chi connectivity index (χ1) is 4.27. The Balaban J connectivity index is 2.83. The fourth-order valence-electron chi connectivity index (χ4n) is 0.373. The van der Waals surface area contributed by atoms with Gasteiger partial charge in [0.1, 0.15) is 6.61 Å². The zero-order valence-electron chi connectivity index (χ0n) is 5.52. The standard InChI is InChI=1S/C6H11FO2/c1-6(8)5-9-4-2-3-7/h2-5H2,1H3. The molecule has 9 heavy (non-hydrogen) atoms. The smallest absolute Gasteiger partial charge is 0.155 e. The van der Waals surface area contributed by atoms with E-state index in [0.29, 0.717) is 13.0 Å². The van der Waals surface area contributed by atoms with E-state index in [1.54, 1.807) is 0 Å². The zero-order chi connectivity index (χ0) is 7.11. The van der Waals surface area contributed by atoms with Crippen molar-refractivity contribution in [3.8, 4) is 0 Å². The van der Waals surface area contributed by atoms with Gasteiger partial charge in [-0.25, -0.2) is 0 Å². The number of carbonyl (C=O) groups excluding carboxylic acids is 1. The van der Waals surface area contributed by atoms with E-state index in [9.17, 15) is 9.18 Å². The quantitative estimate of drug-likeness (QED) is 0.523. The SMILES string of the molecule is CC(=O)COCCCF. The van der Waals surface area contributed by atoms with Crippen LogP contribution in [0.4, 0.5) is 4.39 Å². The van der Waals surface area contributed by atoms with Gasteiger partial charge in [-0.15, -0.1) is 0 Å². The Morgan fingerprint density at radius 2 is 2.33 bits per heavy atom. The lowest BCUT2D eigenvalue weighted by Crippen LogP contribution is -2.05. The summed E-state index contributed by atoms with van der Waals surface area (Å²) in [6.45, 7) is 1.52. The number of ether oxygens (including phenoxy) is 1. The highest BCUT2D eigenvalue weighted by Crippen LogP contribution is 1.83. The van der Waals surface area contributed by atoms with E-state index in [4.69, 9.17) is 4.74 Å². The number of rotatable bonds is 5. The van der Waals surface area contributed by atoms with Crippen LogP contribution in [0, 0.1) is 0 Å². The third-order valence-corrected chi connectivity index (χ3v) is 0.728. The second-order valence-corrected chi connectivity index (χ2v) is 1.80. The largest absolute Gasteiger partial charge is 0.374 e. The first-order valence-electron chi connectivity index (χ1n) is 2.90. The summed E-state index contributed by atoms with van der Waals surface area (Å²) in [5.74, 6) is -0.0196. The number of Topliss-reactive ketones (excluding diaryl/α,β-unsaturated/α-hetero) is 1. The van der Waals surface area contributed by atoms with Crippen molar-refractivity contribution < 1.29 is 13.9 Å². The molecule has 0 amide bonds. The minimum atomic E-state index is -0.377. The van der Waals surface area contributed by atoms with E-state index in [0.717, 1.165) is 0 Å². The molecule has 0 saturated heterocycles. The van der Waals surface area contributed by atoms with Crippen LogP contribution < -0.4 is 0 Å². The molecule has 0 aliphatic rings. The minimum absolute atomic E-state index is 0.0196. The predicted molar refractivity (Wildman–Crippen MR) is 32.1 cm³/mol. The number of hydrogen-bond donors (Lipinski definition) is 0. The molecule has 0 bridgehead atoms. The lowest BCUT2D eigenvalue weighted by Gasteiger charge is -1.96. The van der Waals surface area contributed by atoms with Gasteiger partial charge >= 0.3 is 0 Å². The average Bonchev–Trinajstić information content (AvgIpc) is 1.80. The van der Waals surface area contributed by atoms with E-state index in [2.05, 4.69) is 0 Å². The Hall–Kier alpha value is -0.440. The third-order valence-electron chi connectivity index (χ3n) is 0.728. The summed E-state index contributed by atoms with van der Waals surface area (Å²) in [5.41, 5.74) is 0. The van der Waals surface area contributed by atoms with Crippen LogP contribution in [0.5, 0.6) is 0 Å². The van der Waals surface area contributed by atoms with Crippen molar-refractivity contribution in [3.05, 3.63) is 0 Å². The van der Waals surface area contributed by atoms with Crippen molar-refractivity contribution >= 4 is 5.78 Å². The number of carbonyl (C=O) groups is 1. The first kappa shape index (κ1) is 8.56. The van der Waals surface area contributed by atoms with Gasteiger partial charge in [-0.3, -0.25) is 9.18 Å². The maximum Gasteiger partial charge on any atom is 0.155 e. The molecule has 0 rings (SSSR count). The highest BCUT2D eigenvalue weighted by molar-refractivity contribution is 5.76. The van der Waals surface area contributed by atoms with Crippen molar-refractivity contribution in [2.45, 2.75) is 13.3 Å². The fourth-order valence-corrected chi connectivity index (χ4v) is 0.373. The summed E-state index contributed by atoms with van der Waals surface area (Å²) >= 11 is 0. The molecular formula is C6H11FO2. The molecule has 0 radical (unpaired) electrons. The van der Waals surface area contributed by atoms with Gasteiger partial charge in [-0.1, -0.05) is 0 Å². The van der Waals surface area contributed by atoms with Crippen LogP contribution in [-0.4, -0.2) is 25.7 Å². The first-order valence-corrected chi connectivity index (χ1v) is 2.90. The van der Waals surface area contributed by atoms with Crippen LogP contribution in [0.3, 0.4) is 0 Å². The molecule has 0 fully saturated rings. The topological polar surface area (TPSA) is 26.3 Å². The molecule has 0 aliphatic carbocycles. The summed E-state index contributed by atoms with van der Waals surface area (Å²) in [6, 6.07) is 0. The Morgan fingerprint density at radius 1 is 1.67 bits per heavy atom. The van der Waals surface area contributed by atoms with Gasteiger partial charge in [0.15, 0.2) is 5.78 Å². The molecule has 0 heterocycles. The van der Waals surface area contributed by atoms with Crippen molar-refractivity contribution in [1.29, 1.82) is 0 Å². The van der Waals surface area contributed by atoms with E-state index in [1.807, 2.05) is 0 Å². The Kier molecular flexibility index (Phi) is 5.41. The highest BCUT2D eigenvalue weighted by atomic mass is 19.1. The van der Waals surface area contributed by atoms with Crippen LogP contribution in [0.25, 0.3) is 0 Å². The summed E-state index contributed by atoms with van der Waals surface area (Å²) in [4.78, 5) is 10.2. The molecular weight excluding hydrogens is 123 g/mol. The van der Waals surface area contributed by atoms with Crippen molar-refractivity contribution in [1.82, 2.24) is 0 Å². The molecule has 3 heteroatoms. The van der Waals surface area contributed by atoms with E-state index in [-0.39, 0.29) is 19.1 Å². The molecule has 0 atom stereocenters. The van der Waals surface area contributed by atoms with Gasteiger partial charge < -0.3 is 4.74 Å². The fraction of sp³-hybridized carbons (Fsp3) is 0.833. The van der Waals surface area contributed by atoms with E-state index >= 15 is 0 Å². The number of alkyl halides is 1. The molecule has 54 valence electrons. The van der Waals surface area contributed by atoms with E-state index in [1.165, 1.54) is 6.92 Å². The Bertz CT molecular complexity index is 83.1. The van der Waals surface area contributed by atoms with Crippen LogP contribution in [0.1, 0.15) is 13.3 Å². The van der Waals surface area contributed by atoms with Crippen molar-refractivity contribution in [3.63, 3.8) is 0 Å². The van der Waals surface area contributed by atoms with Crippen LogP contribution in [-0.2, 0) is 9.53 Å². The lowest BCUT2D eigenvalue weighted by molar-refractivity contribution is -0.121. The predicted octanol–water partition coefficient (Wildman–Crippen LogP) is 0.952. The van der Waals surface area contributed by atoms with Crippen molar-refractivity contribution in [2.75, 3.05) is 19.9 Å². The van der Waals surface area contributed by atoms with Gasteiger partial charge in [-0.2, -0.15) is 0 Å². The van der Waals surface area contributed by atoms with Crippen molar-refractivity contribution in [2.24, 2.45) is 0 Å². The van der Waals surface area contributed by atoms with E-state index < -0.39 is 0 Å².